The van der Waals surface area contributed by atoms with Crippen LogP contribution in [0.25, 0.3) is 0 Å². The van der Waals surface area contributed by atoms with Gasteiger partial charge < -0.3 is 15.4 Å². The third-order valence-electron chi connectivity index (χ3n) is 3.32. The standard InChI is InChI=1S/C14H20N2O2/c1-10-3-4-13(18-2)12(7-10)9-16-14(17)11-5-6-15-8-11/h3-4,7,11,15H,5-6,8-9H2,1-2H3,(H,16,17). The van der Waals surface area contributed by atoms with Gasteiger partial charge in [-0.25, -0.2) is 0 Å². The summed E-state index contributed by atoms with van der Waals surface area (Å²) in [7, 11) is 1.65. The van der Waals surface area contributed by atoms with Crippen LogP contribution in [0.1, 0.15) is 17.5 Å². The van der Waals surface area contributed by atoms with Crippen LogP contribution in [0, 0.1) is 12.8 Å². The number of amides is 1. The molecule has 98 valence electrons. The Balaban J connectivity index is 1.96. The van der Waals surface area contributed by atoms with Crippen LogP contribution in [-0.4, -0.2) is 26.1 Å². The van der Waals surface area contributed by atoms with E-state index in [4.69, 9.17) is 4.74 Å². The van der Waals surface area contributed by atoms with Gasteiger partial charge in [-0.2, -0.15) is 0 Å². The number of aryl methyl sites for hydroxylation is 1. The third-order valence-corrected chi connectivity index (χ3v) is 3.32. The van der Waals surface area contributed by atoms with Gasteiger partial charge in [0, 0.05) is 18.7 Å². The molecule has 0 saturated carbocycles. The smallest absolute Gasteiger partial charge is 0.224 e. The average Bonchev–Trinajstić information content (AvgIpc) is 2.90. The predicted molar refractivity (Wildman–Crippen MR) is 70.6 cm³/mol. The van der Waals surface area contributed by atoms with Gasteiger partial charge >= 0.3 is 0 Å². The van der Waals surface area contributed by atoms with Crippen LogP contribution >= 0.6 is 0 Å². The predicted octanol–water partition coefficient (Wildman–Crippen LogP) is 1.23. The lowest BCUT2D eigenvalue weighted by molar-refractivity contribution is -0.124. The Labute approximate surface area is 108 Å². The molecule has 1 aromatic carbocycles. The van der Waals surface area contributed by atoms with Crippen LogP contribution in [0.5, 0.6) is 5.75 Å². The summed E-state index contributed by atoms with van der Waals surface area (Å²) in [5, 5.41) is 6.18. The fraction of sp³-hybridized carbons (Fsp3) is 0.500. The van der Waals surface area contributed by atoms with Crippen molar-refractivity contribution in [2.45, 2.75) is 19.9 Å². The van der Waals surface area contributed by atoms with Crippen molar-refractivity contribution in [1.29, 1.82) is 0 Å². The number of carbonyl (C=O) groups excluding carboxylic acids is 1. The van der Waals surface area contributed by atoms with Crippen molar-refractivity contribution in [3.63, 3.8) is 0 Å². The van der Waals surface area contributed by atoms with Gasteiger partial charge in [0.15, 0.2) is 0 Å². The molecule has 0 radical (unpaired) electrons. The highest BCUT2D eigenvalue weighted by Gasteiger charge is 2.22. The van der Waals surface area contributed by atoms with Crippen LogP contribution < -0.4 is 15.4 Å². The monoisotopic (exact) mass is 248 g/mol. The van der Waals surface area contributed by atoms with Crippen LogP contribution in [0.15, 0.2) is 18.2 Å². The topological polar surface area (TPSA) is 50.4 Å². The van der Waals surface area contributed by atoms with E-state index < -0.39 is 0 Å². The summed E-state index contributed by atoms with van der Waals surface area (Å²) >= 11 is 0. The minimum absolute atomic E-state index is 0.112. The molecule has 1 aliphatic rings. The molecule has 0 bridgehead atoms. The Kier molecular flexibility index (Phi) is 4.20. The van der Waals surface area contributed by atoms with E-state index in [2.05, 4.69) is 10.6 Å². The summed E-state index contributed by atoms with van der Waals surface area (Å²) in [4.78, 5) is 11.9. The highest BCUT2D eigenvalue weighted by molar-refractivity contribution is 5.79. The van der Waals surface area contributed by atoms with Gasteiger partial charge in [0.2, 0.25) is 5.91 Å². The zero-order valence-corrected chi connectivity index (χ0v) is 11.0. The van der Waals surface area contributed by atoms with E-state index in [1.165, 1.54) is 5.56 Å². The molecular formula is C14H20N2O2. The minimum atomic E-state index is 0.112. The molecule has 1 aromatic rings. The first-order valence-electron chi connectivity index (χ1n) is 6.32. The van der Waals surface area contributed by atoms with E-state index in [0.717, 1.165) is 30.8 Å². The lowest BCUT2D eigenvalue weighted by Gasteiger charge is -2.13. The zero-order chi connectivity index (χ0) is 13.0. The van der Waals surface area contributed by atoms with Crippen molar-refractivity contribution in [1.82, 2.24) is 10.6 Å². The Bertz CT molecular complexity index is 426. The largest absolute Gasteiger partial charge is 0.496 e. The van der Waals surface area contributed by atoms with Crippen LogP contribution in [-0.2, 0) is 11.3 Å². The molecule has 1 amide bonds. The van der Waals surface area contributed by atoms with E-state index in [9.17, 15) is 4.79 Å². The maximum Gasteiger partial charge on any atom is 0.224 e. The van der Waals surface area contributed by atoms with E-state index >= 15 is 0 Å². The molecule has 4 nitrogen and oxygen atoms in total. The number of hydrogen-bond donors (Lipinski definition) is 2. The molecule has 1 heterocycles. The van der Waals surface area contributed by atoms with Gasteiger partial charge in [0.1, 0.15) is 5.75 Å². The average molecular weight is 248 g/mol. The summed E-state index contributed by atoms with van der Waals surface area (Å²) in [5.41, 5.74) is 2.19. The van der Waals surface area contributed by atoms with Gasteiger partial charge in [0.05, 0.1) is 13.0 Å². The Hall–Kier alpha value is -1.55. The third kappa shape index (κ3) is 3.01. The van der Waals surface area contributed by atoms with Crippen LogP contribution in [0.2, 0.25) is 0 Å². The number of rotatable bonds is 4. The first-order chi connectivity index (χ1) is 8.70. The van der Waals surface area contributed by atoms with Crippen molar-refractivity contribution in [2.24, 2.45) is 5.92 Å². The van der Waals surface area contributed by atoms with Crippen molar-refractivity contribution < 1.29 is 9.53 Å². The van der Waals surface area contributed by atoms with Gasteiger partial charge in [0.25, 0.3) is 0 Å². The summed E-state index contributed by atoms with van der Waals surface area (Å²) in [5.74, 6) is 1.06. The minimum Gasteiger partial charge on any atom is -0.496 e. The molecule has 2 rings (SSSR count). The summed E-state index contributed by atoms with van der Waals surface area (Å²) in [6, 6.07) is 5.99. The summed E-state index contributed by atoms with van der Waals surface area (Å²) in [6.07, 6.45) is 0.927. The molecule has 1 atom stereocenters. The van der Waals surface area contributed by atoms with Crippen molar-refractivity contribution in [2.75, 3.05) is 20.2 Å². The van der Waals surface area contributed by atoms with E-state index in [1.807, 2.05) is 25.1 Å². The Morgan fingerprint density at radius 3 is 3.06 bits per heavy atom. The SMILES string of the molecule is COc1ccc(C)cc1CNC(=O)C1CCNC1. The van der Waals surface area contributed by atoms with Gasteiger partial charge in [-0.3, -0.25) is 4.79 Å². The zero-order valence-electron chi connectivity index (χ0n) is 11.0. The fourth-order valence-electron chi connectivity index (χ4n) is 2.25. The van der Waals surface area contributed by atoms with Crippen molar-refractivity contribution in [3.05, 3.63) is 29.3 Å². The summed E-state index contributed by atoms with van der Waals surface area (Å²) < 4.78 is 5.29. The molecule has 2 N–H and O–H groups in total. The second-order valence-electron chi connectivity index (χ2n) is 4.72. The maximum absolute atomic E-state index is 11.9. The number of hydrogen-bond acceptors (Lipinski definition) is 3. The number of ether oxygens (including phenoxy) is 1. The lowest BCUT2D eigenvalue weighted by atomic mass is 10.1. The van der Waals surface area contributed by atoms with E-state index in [1.54, 1.807) is 7.11 Å². The van der Waals surface area contributed by atoms with Gasteiger partial charge in [-0.1, -0.05) is 17.7 Å². The summed E-state index contributed by atoms with van der Waals surface area (Å²) in [6.45, 7) is 4.29. The van der Waals surface area contributed by atoms with Gasteiger partial charge in [-0.15, -0.1) is 0 Å². The molecule has 4 heteroatoms. The number of carbonyl (C=O) groups is 1. The molecule has 1 saturated heterocycles. The molecule has 0 aromatic heterocycles. The highest BCUT2D eigenvalue weighted by atomic mass is 16.5. The molecule has 18 heavy (non-hydrogen) atoms. The first-order valence-corrected chi connectivity index (χ1v) is 6.32. The maximum atomic E-state index is 11.9. The molecule has 1 unspecified atom stereocenters. The van der Waals surface area contributed by atoms with Gasteiger partial charge in [-0.05, 0) is 26.0 Å². The van der Waals surface area contributed by atoms with E-state index in [0.29, 0.717) is 6.54 Å². The fourth-order valence-corrected chi connectivity index (χ4v) is 2.25. The normalized spacial score (nSPS) is 18.7. The lowest BCUT2D eigenvalue weighted by Crippen LogP contribution is -2.31. The number of methoxy groups -OCH3 is 1. The second-order valence-corrected chi connectivity index (χ2v) is 4.72. The number of benzene rings is 1. The molecule has 0 aliphatic carbocycles. The molecular weight excluding hydrogens is 228 g/mol. The Morgan fingerprint density at radius 1 is 1.56 bits per heavy atom. The number of nitrogens with one attached hydrogen (secondary N) is 2. The molecule has 0 spiro atoms. The van der Waals surface area contributed by atoms with E-state index in [-0.39, 0.29) is 11.8 Å². The van der Waals surface area contributed by atoms with Crippen molar-refractivity contribution in [3.8, 4) is 5.75 Å². The Morgan fingerprint density at radius 2 is 2.39 bits per heavy atom. The van der Waals surface area contributed by atoms with Crippen LogP contribution in [0.3, 0.4) is 0 Å². The van der Waals surface area contributed by atoms with Crippen LogP contribution in [0.4, 0.5) is 0 Å². The highest BCUT2D eigenvalue weighted by Crippen LogP contribution is 2.19. The quantitative estimate of drug-likeness (QED) is 0.842. The first kappa shape index (κ1) is 12.9. The van der Waals surface area contributed by atoms with Crippen molar-refractivity contribution >= 4 is 5.91 Å². The second kappa shape index (κ2) is 5.87. The molecule has 1 fully saturated rings. The molecule has 1 aliphatic heterocycles.